The van der Waals surface area contributed by atoms with Gasteiger partial charge < -0.3 is 9.47 Å². The van der Waals surface area contributed by atoms with Crippen molar-refractivity contribution < 1.29 is 4.79 Å². The van der Waals surface area contributed by atoms with Crippen LogP contribution in [0.5, 0.6) is 0 Å². The van der Waals surface area contributed by atoms with Gasteiger partial charge in [-0.1, -0.05) is 30.7 Å². The molecule has 0 bridgehead atoms. The van der Waals surface area contributed by atoms with Crippen molar-refractivity contribution in [1.29, 1.82) is 0 Å². The average Bonchev–Trinajstić information content (AvgIpc) is 3.33. The Hall–Kier alpha value is -1.74. The molecule has 1 aliphatic carbocycles. The van der Waals surface area contributed by atoms with Crippen LogP contribution in [0.1, 0.15) is 44.4 Å². The number of nitrogens with zero attached hydrogens (tertiary/aromatic N) is 2. The number of amides is 1. The maximum absolute atomic E-state index is 12.6. The van der Waals surface area contributed by atoms with E-state index < -0.39 is 0 Å². The monoisotopic (exact) mass is 344 g/mol. The molecule has 1 amide bonds. The van der Waals surface area contributed by atoms with Crippen LogP contribution < -0.4 is 0 Å². The molecule has 0 saturated heterocycles. The first-order chi connectivity index (χ1) is 11.6. The van der Waals surface area contributed by atoms with Gasteiger partial charge in [0.05, 0.1) is 6.54 Å². The quantitative estimate of drug-likeness (QED) is 0.713. The van der Waals surface area contributed by atoms with Gasteiger partial charge in [-0.3, -0.25) is 4.79 Å². The minimum Gasteiger partial charge on any atom is -0.345 e. The van der Waals surface area contributed by atoms with Gasteiger partial charge in [-0.05, 0) is 56.0 Å². The Labute approximate surface area is 149 Å². The Morgan fingerprint density at radius 2 is 2.12 bits per heavy atom. The van der Waals surface area contributed by atoms with E-state index in [4.69, 9.17) is 11.6 Å². The Bertz CT molecular complexity index is 705. The lowest BCUT2D eigenvalue weighted by Gasteiger charge is -2.29. The summed E-state index contributed by atoms with van der Waals surface area (Å²) in [4.78, 5) is 14.7. The van der Waals surface area contributed by atoms with Crippen LogP contribution in [0.3, 0.4) is 0 Å². The summed E-state index contributed by atoms with van der Waals surface area (Å²) in [7, 11) is 0. The number of halogens is 1. The first-order valence-electron chi connectivity index (χ1n) is 8.77. The van der Waals surface area contributed by atoms with E-state index in [0.29, 0.717) is 12.5 Å². The average molecular weight is 345 g/mol. The molecule has 1 heterocycles. The number of hydrogen-bond donors (Lipinski definition) is 0. The first-order valence-corrected chi connectivity index (χ1v) is 9.15. The van der Waals surface area contributed by atoms with E-state index in [-0.39, 0.29) is 12.0 Å². The third-order valence-electron chi connectivity index (χ3n) is 4.83. The second-order valence-corrected chi connectivity index (χ2v) is 7.19. The highest BCUT2D eigenvalue weighted by Crippen LogP contribution is 2.32. The molecule has 0 unspecified atom stereocenters. The molecule has 24 heavy (non-hydrogen) atoms. The maximum Gasteiger partial charge on any atom is 0.226 e. The summed E-state index contributed by atoms with van der Waals surface area (Å²) in [5, 5.41) is 0.756. The van der Waals surface area contributed by atoms with Gasteiger partial charge in [0.25, 0.3) is 0 Å². The van der Waals surface area contributed by atoms with E-state index in [1.807, 2.05) is 18.2 Å². The SMILES string of the molecule is CC[C@H](C)N(Cc1cccn1Cc1cccc(Cl)c1)C(=O)C1CC1. The highest BCUT2D eigenvalue weighted by atomic mass is 35.5. The smallest absolute Gasteiger partial charge is 0.226 e. The van der Waals surface area contributed by atoms with E-state index in [1.54, 1.807) is 0 Å². The summed E-state index contributed by atoms with van der Waals surface area (Å²) in [6.07, 6.45) is 5.16. The molecule has 0 N–H and O–H groups in total. The van der Waals surface area contributed by atoms with E-state index in [9.17, 15) is 4.79 Å². The molecule has 0 aliphatic heterocycles. The fraction of sp³-hybridized carbons (Fsp3) is 0.450. The highest BCUT2D eigenvalue weighted by molar-refractivity contribution is 6.30. The van der Waals surface area contributed by atoms with Crippen LogP contribution in [-0.2, 0) is 17.9 Å². The summed E-state index contributed by atoms with van der Waals surface area (Å²) < 4.78 is 2.21. The fourth-order valence-electron chi connectivity index (χ4n) is 2.99. The van der Waals surface area contributed by atoms with Crippen molar-refractivity contribution in [3.8, 4) is 0 Å². The zero-order valence-electron chi connectivity index (χ0n) is 14.4. The van der Waals surface area contributed by atoms with Crippen LogP contribution in [0.2, 0.25) is 5.02 Å². The van der Waals surface area contributed by atoms with Gasteiger partial charge in [0.15, 0.2) is 0 Å². The molecule has 128 valence electrons. The van der Waals surface area contributed by atoms with Crippen molar-refractivity contribution in [3.05, 3.63) is 58.9 Å². The van der Waals surface area contributed by atoms with E-state index in [0.717, 1.165) is 30.8 Å². The number of benzene rings is 1. The van der Waals surface area contributed by atoms with Crippen molar-refractivity contribution in [3.63, 3.8) is 0 Å². The van der Waals surface area contributed by atoms with Gasteiger partial charge in [0.2, 0.25) is 5.91 Å². The summed E-state index contributed by atoms with van der Waals surface area (Å²) in [6.45, 7) is 5.74. The second kappa shape index (κ2) is 7.43. The van der Waals surface area contributed by atoms with Crippen molar-refractivity contribution in [2.75, 3.05) is 0 Å². The number of rotatable bonds is 7. The third-order valence-corrected chi connectivity index (χ3v) is 5.07. The number of hydrogen-bond acceptors (Lipinski definition) is 1. The minimum atomic E-state index is 0.260. The molecule has 2 aromatic rings. The molecule has 0 radical (unpaired) electrons. The summed E-state index contributed by atoms with van der Waals surface area (Å²) in [5.41, 5.74) is 2.34. The molecule has 1 aromatic carbocycles. The maximum atomic E-state index is 12.6. The van der Waals surface area contributed by atoms with Crippen LogP contribution in [0.4, 0.5) is 0 Å². The second-order valence-electron chi connectivity index (χ2n) is 6.76. The van der Waals surface area contributed by atoms with Crippen LogP contribution in [0.25, 0.3) is 0 Å². The van der Waals surface area contributed by atoms with Gasteiger partial charge in [0, 0.05) is 35.4 Å². The summed E-state index contributed by atoms with van der Waals surface area (Å²) >= 11 is 6.09. The minimum absolute atomic E-state index is 0.260. The standard InChI is InChI=1S/C20H25ClN2O/c1-3-15(2)23(20(24)17-9-10-17)14-19-8-5-11-22(19)13-16-6-4-7-18(21)12-16/h4-8,11-12,15,17H,3,9-10,13-14H2,1-2H3/t15-/m0/s1. The number of aromatic nitrogens is 1. The molecular weight excluding hydrogens is 320 g/mol. The van der Waals surface area contributed by atoms with Gasteiger partial charge in [-0.25, -0.2) is 0 Å². The molecule has 1 atom stereocenters. The predicted octanol–water partition coefficient (Wildman–Crippen LogP) is 4.73. The Kier molecular flexibility index (Phi) is 5.30. The molecule has 1 fully saturated rings. The Morgan fingerprint density at radius 1 is 1.33 bits per heavy atom. The molecule has 3 rings (SSSR count). The lowest BCUT2D eigenvalue weighted by Crippen LogP contribution is -2.39. The van der Waals surface area contributed by atoms with Gasteiger partial charge in [-0.2, -0.15) is 0 Å². The molecule has 0 spiro atoms. The summed E-state index contributed by atoms with van der Waals surface area (Å²) in [5.74, 6) is 0.579. The lowest BCUT2D eigenvalue weighted by atomic mass is 10.1. The first kappa shape index (κ1) is 17.1. The van der Waals surface area contributed by atoms with Crippen molar-refractivity contribution in [2.24, 2.45) is 5.92 Å². The van der Waals surface area contributed by atoms with E-state index in [2.05, 4.69) is 47.7 Å². The van der Waals surface area contributed by atoms with Gasteiger partial charge >= 0.3 is 0 Å². The van der Waals surface area contributed by atoms with E-state index in [1.165, 1.54) is 11.3 Å². The largest absolute Gasteiger partial charge is 0.345 e. The lowest BCUT2D eigenvalue weighted by molar-refractivity contribution is -0.135. The zero-order chi connectivity index (χ0) is 17.1. The molecule has 1 saturated carbocycles. The van der Waals surface area contributed by atoms with Gasteiger partial charge in [-0.15, -0.1) is 0 Å². The Morgan fingerprint density at radius 3 is 2.79 bits per heavy atom. The normalized spacial score (nSPS) is 15.3. The molecule has 1 aromatic heterocycles. The number of carbonyl (C=O) groups is 1. The van der Waals surface area contributed by atoms with Crippen molar-refractivity contribution in [2.45, 2.75) is 52.2 Å². The fourth-order valence-corrected chi connectivity index (χ4v) is 3.20. The zero-order valence-corrected chi connectivity index (χ0v) is 15.2. The van der Waals surface area contributed by atoms with Crippen molar-refractivity contribution in [1.82, 2.24) is 9.47 Å². The molecular formula is C20H25ClN2O. The van der Waals surface area contributed by atoms with E-state index >= 15 is 0 Å². The van der Waals surface area contributed by atoms with Crippen molar-refractivity contribution >= 4 is 17.5 Å². The van der Waals surface area contributed by atoms with Crippen LogP contribution in [0.15, 0.2) is 42.6 Å². The topological polar surface area (TPSA) is 25.2 Å². The van der Waals surface area contributed by atoms with Crippen LogP contribution in [0, 0.1) is 5.92 Å². The number of carbonyl (C=O) groups excluding carboxylic acids is 1. The molecule has 4 heteroatoms. The third kappa shape index (κ3) is 4.02. The van der Waals surface area contributed by atoms with Crippen LogP contribution in [-0.4, -0.2) is 21.4 Å². The molecule has 1 aliphatic rings. The Balaban J connectivity index is 1.76. The predicted molar refractivity (Wildman–Crippen MR) is 98.0 cm³/mol. The van der Waals surface area contributed by atoms with Gasteiger partial charge in [0.1, 0.15) is 0 Å². The molecule has 3 nitrogen and oxygen atoms in total. The summed E-state index contributed by atoms with van der Waals surface area (Å²) in [6, 6.07) is 12.4. The van der Waals surface area contributed by atoms with Crippen LogP contribution >= 0.6 is 11.6 Å². The highest BCUT2D eigenvalue weighted by Gasteiger charge is 2.35.